The highest BCUT2D eigenvalue weighted by Crippen LogP contribution is 2.28. The Morgan fingerprint density at radius 1 is 0.909 bits per heavy atom. The fourth-order valence-electron chi connectivity index (χ4n) is 5.17. The molecule has 1 aliphatic heterocycles. The monoisotopic (exact) mass is 443 g/mol. The van der Waals surface area contributed by atoms with Crippen molar-refractivity contribution in [1.29, 1.82) is 0 Å². The molecule has 1 saturated carbocycles. The predicted octanol–water partition coefficient (Wildman–Crippen LogP) is 2.71. The van der Waals surface area contributed by atoms with Gasteiger partial charge in [0.2, 0.25) is 5.95 Å². The van der Waals surface area contributed by atoms with E-state index in [0.717, 1.165) is 28.2 Å². The van der Waals surface area contributed by atoms with Crippen LogP contribution in [0.5, 0.6) is 0 Å². The van der Waals surface area contributed by atoms with Crippen molar-refractivity contribution in [1.82, 2.24) is 39.3 Å². The van der Waals surface area contributed by atoms with Gasteiger partial charge >= 0.3 is 0 Å². The van der Waals surface area contributed by atoms with Gasteiger partial charge in [-0.3, -0.25) is 9.88 Å². The number of hydrogen-bond donors (Lipinski definition) is 1. The van der Waals surface area contributed by atoms with E-state index in [4.69, 9.17) is 5.10 Å². The zero-order chi connectivity index (χ0) is 22.2. The molecule has 1 saturated heterocycles. The fourth-order valence-corrected chi connectivity index (χ4v) is 5.17. The smallest absolute Gasteiger partial charge is 0.241 e. The van der Waals surface area contributed by atoms with E-state index in [1.807, 2.05) is 35.2 Å². The number of fused-ring (bicyclic) bond motifs is 2. The summed E-state index contributed by atoms with van der Waals surface area (Å²) in [6, 6.07) is 5.22. The van der Waals surface area contributed by atoms with Crippen LogP contribution < -0.4 is 5.32 Å². The minimum absolute atomic E-state index is 0.435. The van der Waals surface area contributed by atoms with Crippen LogP contribution in [0, 0.1) is 0 Å². The number of aromatic nitrogens is 6. The summed E-state index contributed by atoms with van der Waals surface area (Å²) in [5.74, 6) is 0.690. The number of piperazine rings is 1. The second kappa shape index (κ2) is 8.64. The first-order valence-corrected chi connectivity index (χ1v) is 11.8. The molecule has 0 amide bonds. The first-order valence-electron chi connectivity index (χ1n) is 11.8. The van der Waals surface area contributed by atoms with Crippen molar-refractivity contribution >= 4 is 22.6 Å². The molecule has 1 N–H and O–H groups in total. The van der Waals surface area contributed by atoms with Gasteiger partial charge in [0.15, 0.2) is 5.65 Å². The minimum Gasteiger partial charge on any atom is -0.350 e. The maximum atomic E-state index is 4.73. The fraction of sp³-hybridized carbons (Fsp3) is 0.458. The third-order valence-electron chi connectivity index (χ3n) is 7.14. The van der Waals surface area contributed by atoms with E-state index in [0.29, 0.717) is 17.6 Å². The maximum absolute atomic E-state index is 4.73. The van der Waals surface area contributed by atoms with Crippen LogP contribution in [-0.2, 0) is 0 Å². The molecule has 0 bridgehead atoms. The first-order chi connectivity index (χ1) is 16.2. The van der Waals surface area contributed by atoms with Crippen LogP contribution in [0.2, 0.25) is 0 Å². The van der Waals surface area contributed by atoms with E-state index in [-0.39, 0.29) is 0 Å². The molecule has 33 heavy (non-hydrogen) atoms. The van der Waals surface area contributed by atoms with Crippen LogP contribution in [0.25, 0.3) is 27.8 Å². The van der Waals surface area contributed by atoms with E-state index >= 15 is 0 Å². The van der Waals surface area contributed by atoms with Crippen molar-refractivity contribution in [3.63, 3.8) is 0 Å². The number of anilines is 1. The number of likely N-dealkylation sites (N-methyl/N-ethyl adjacent to an activating group) is 1. The highest BCUT2D eigenvalue weighted by Gasteiger charge is 2.28. The zero-order valence-corrected chi connectivity index (χ0v) is 18.9. The standard InChI is InChI=1S/C24H29N9/c1-31-10-12-32(13-11-31)19-4-2-18(3-5-19)29-24-28-16-22-20(6-9-33(22)30-24)17-14-21-23(27-15-17)26-8-7-25-21/h6-9,14-16,18-19H,2-5,10-13H2,1H3,(H,29,30)/t18-,19+. The first kappa shape index (κ1) is 20.4. The van der Waals surface area contributed by atoms with Gasteiger partial charge in [-0.05, 0) is 44.9 Å². The molecule has 2 aliphatic rings. The van der Waals surface area contributed by atoms with Crippen molar-refractivity contribution < 1.29 is 0 Å². The Balaban J connectivity index is 1.13. The van der Waals surface area contributed by atoms with Crippen molar-refractivity contribution in [2.75, 3.05) is 38.5 Å². The molecule has 170 valence electrons. The lowest BCUT2D eigenvalue weighted by molar-refractivity contribution is 0.0893. The van der Waals surface area contributed by atoms with Gasteiger partial charge in [-0.25, -0.2) is 19.5 Å². The van der Waals surface area contributed by atoms with Crippen LogP contribution in [0.3, 0.4) is 0 Å². The Morgan fingerprint density at radius 2 is 1.73 bits per heavy atom. The third-order valence-corrected chi connectivity index (χ3v) is 7.14. The SMILES string of the molecule is CN1CCN([C@H]2CC[C@@H](Nc3ncc4c(-c5cnc6nccnc6c5)ccn4n3)CC2)CC1. The highest BCUT2D eigenvalue weighted by molar-refractivity contribution is 5.84. The van der Waals surface area contributed by atoms with Gasteiger partial charge in [-0.15, -0.1) is 5.10 Å². The van der Waals surface area contributed by atoms with Crippen LogP contribution in [0.1, 0.15) is 25.7 Å². The average Bonchev–Trinajstić information content (AvgIpc) is 3.28. The van der Waals surface area contributed by atoms with Crippen LogP contribution in [0.4, 0.5) is 5.95 Å². The molecule has 0 radical (unpaired) electrons. The van der Waals surface area contributed by atoms with Crippen LogP contribution in [-0.4, -0.2) is 84.7 Å². The molecule has 0 aromatic carbocycles. The van der Waals surface area contributed by atoms with Crippen LogP contribution >= 0.6 is 0 Å². The molecular weight excluding hydrogens is 414 g/mol. The van der Waals surface area contributed by atoms with E-state index in [1.54, 1.807) is 12.4 Å². The Bertz CT molecular complexity index is 1250. The average molecular weight is 444 g/mol. The van der Waals surface area contributed by atoms with Crippen molar-refractivity contribution in [3.05, 3.63) is 43.1 Å². The molecule has 4 aromatic rings. The third kappa shape index (κ3) is 4.14. The molecule has 5 heterocycles. The van der Waals surface area contributed by atoms with E-state index < -0.39 is 0 Å². The molecule has 0 unspecified atom stereocenters. The summed E-state index contributed by atoms with van der Waals surface area (Å²) in [5, 5.41) is 8.30. The number of hydrogen-bond acceptors (Lipinski definition) is 8. The Morgan fingerprint density at radius 3 is 2.58 bits per heavy atom. The molecule has 0 spiro atoms. The van der Waals surface area contributed by atoms with Crippen molar-refractivity contribution in [2.45, 2.75) is 37.8 Å². The second-order valence-corrected chi connectivity index (χ2v) is 9.25. The number of pyridine rings is 1. The second-order valence-electron chi connectivity index (χ2n) is 9.25. The van der Waals surface area contributed by atoms with Gasteiger partial charge in [0.25, 0.3) is 0 Å². The number of nitrogens with zero attached hydrogens (tertiary/aromatic N) is 8. The highest BCUT2D eigenvalue weighted by atomic mass is 15.3. The molecule has 9 nitrogen and oxygen atoms in total. The summed E-state index contributed by atoms with van der Waals surface area (Å²) < 4.78 is 1.89. The van der Waals surface area contributed by atoms with E-state index in [1.165, 1.54) is 51.9 Å². The summed E-state index contributed by atoms with van der Waals surface area (Å²) in [5.41, 5.74) is 4.39. The van der Waals surface area contributed by atoms with E-state index in [2.05, 4.69) is 42.1 Å². The molecule has 6 rings (SSSR count). The molecule has 0 atom stereocenters. The Hall–Kier alpha value is -3.17. The normalized spacial score (nSPS) is 22.7. The Labute approximate surface area is 192 Å². The zero-order valence-electron chi connectivity index (χ0n) is 18.9. The van der Waals surface area contributed by atoms with Crippen LogP contribution in [0.15, 0.2) is 43.1 Å². The van der Waals surface area contributed by atoms with Gasteiger partial charge in [0.05, 0.1) is 11.7 Å². The lowest BCUT2D eigenvalue weighted by Crippen LogP contribution is -2.50. The number of rotatable bonds is 4. The summed E-state index contributed by atoms with van der Waals surface area (Å²) in [7, 11) is 2.22. The molecule has 1 aliphatic carbocycles. The number of nitrogens with one attached hydrogen (secondary N) is 1. The lowest BCUT2D eigenvalue weighted by atomic mass is 9.90. The van der Waals surface area contributed by atoms with E-state index in [9.17, 15) is 0 Å². The largest absolute Gasteiger partial charge is 0.350 e. The van der Waals surface area contributed by atoms with Gasteiger partial charge < -0.3 is 10.2 Å². The Kier molecular flexibility index (Phi) is 5.35. The lowest BCUT2D eigenvalue weighted by Gasteiger charge is -2.41. The summed E-state index contributed by atoms with van der Waals surface area (Å²) in [4.78, 5) is 22.8. The van der Waals surface area contributed by atoms with Crippen molar-refractivity contribution in [3.8, 4) is 11.1 Å². The molecule has 4 aromatic heterocycles. The van der Waals surface area contributed by atoms with Gasteiger partial charge in [-0.1, -0.05) is 0 Å². The maximum Gasteiger partial charge on any atom is 0.241 e. The molecule has 9 heteroatoms. The minimum atomic E-state index is 0.435. The quantitative estimate of drug-likeness (QED) is 0.515. The molecule has 2 fully saturated rings. The van der Waals surface area contributed by atoms with Crippen molar-refractivity contribution in [2.24, 2.45) is 0 Å². The van der Waals surface area contributed by atoms with Gasteiger partial charge in [0, 0.05) is 74.2 Å². The van der Waals surface area contributed by atoms with Gasteiger partial charge in [0.1, 0.15) is 5.52 Å². The summed E-state index contributed by atoms with van der Waals surface area (Å²) in [6.07, 6.45) is 13.9. The predicted molar refractivity (Wildman–Crippen MR) is 128 cm³/mol. The molecular formula is C24H29N9. The van der Waals surface area contributed by atoms with Gasteiger partial charge in [-0.2, -0.15) is 0 Å². The topological polar surface area (TPSA) is 87.4 Å². The summed E-state index contributed by atoms with van der Waals surface area (Å²) >= 11 is 0. The summed E-state index contributed by atoms with van der Waals surface area (Å²) in [6.45, 7) is 4.78.